The van der Waals surface area contributed by atoms with Crippen molar-refractivity contribution in [2.75, 3.05) is 0 Å². The molecule has 0 aliphatic carbocycles. The van der Waals surface area contributed by atoms with Gasteiger partial charge in [-0.3, -0.25) is 0 Å². The van der Waals surface area contributed by atoms with Crippen LogP contribution in [0.15, 0.2) is 77.3 Å². The quantitative estimate of drug-likeness (QED) is 0.434. The van der Waals surface area contributed by atoms with Crippen molar-refractivity contribution in [1.82, 2.24) is 0 Å². The highest BCUT2D eigenvalue weighted by Gasteiger charge is 2.02. The topological polar surface area (TPSA) is 0 Å². The molecule has 0 bridgehead atoms. The molecule has 0 atom stereocenters. The summed E-state index contributed by atoms with van der Waals surface area (Å²) in [7, 11) is 0. The van der Waals surface area contributed by atoms with Gasteiger partial charge < -0.3 is 0 Å². The number of aryl methyl sites for hydroxylation is 1. The van der Waals surface area contributed by atoms with Gasteiger partial charge in [-0.25, -0.2) is 0 Å². The van der Waals surface area contributed by atoms with Crippen LogP contribution in [0.25, 0.3) is 22.3 Å². The van der Waals surface area contributed by atoms with E-state index < -0.39 is 0 Å². The molecule has 0 spiro atoms. The normalized spacial score (nSPS) is 11.0. The van der Waals surface area contributed by atoms with Crippen molar-refractivity contribution in [3.05, 3.63) is 82.8 Å². The summed E-state index contributed by atoms with van der Waals surface area (Å²) in [6, 6.07) is 26.3. The molecular weight excluding hydrogens is 356 g/mol. The summed E-state index contributed by atoms with van der Waals surface area (Å²) in [6.45, 7) is 4.56. The molecule has 0 saturated heterocycles. The molecular formula is C23H23Br. The molecule has 3 aromatic carbocycles. The van der Waals surface area contributed by atoms with Gasteiger partial charge in [0.05, 0.1) is 0 Å². The molecule has 1 heteroatoms. The number of rotatable bonds is 5. The lowest BCUT2D eigenvalue weighted by Gasteiger charge is -2.08. The van der Waals surface area contributed by atoms with E-state index in [4.69, 9.17) is 0 Å². The third-order valence-electron chi connectivity index (χ3n) is 4.36. The summed E-state index contributed by atoms with van der Waals surface area (Å²) in [5.74, 6) is 0.760. The highest BCUT2D eigenvalue weighted by Crippen LogP contribution is 2.26. The van der Waals surface area contributed by atoms with Gasteiger partial charge in [-0.1, -0.05) is 90.4 Å². The fourth-order valence-corrected chi connectivity index (χ4v) is 3.08. The maximum absolute atomic E-state index is 3.48. The minimum atomic E-state index is 0.760. The highest BCUT2D eigenvalue weighted by molar-refractivity contribution is 9.10. The van der Waals surface area contributed by atoms with E-state index in [9.17, 15) is 0 Å². The van der Waals surface area contributed by atoms with Crippen LogP contribution in [0.5, 0.6) is 0 Å². The van der Waals surface area contributed by atoms with Crippen LogP contribution in [-0.2, 0) is 6.42 Å². The van der Waals surface area contributed by atoms with Gasteiger partial charge in [-0.15, -0.1) is 0 Å². The van der Waals surface area contributed by atoms with Gasteiger partial charge in [-0.2, -0.15) is 0 Å². The maximum atomic E-state index is 3.48. The molecule has 122 valence electrons. The standard InChI is InChI=1S/C23H23Br/c1-17(2)3-4-18-5-7-19(8-6-18)20-9-11-21(12-10-20)22-13-15-23(24)16-14-22/h5-17H,3-4H2,1-2H3. The van der Waals surface area contributed by atoms with Crippen molar-refractivity contribution in [2.45, 2.75) is 26.7 Å². The molecule has 0 nitrogen and oxygen atoms in total. The van der Waals surface area contributed by atoms with E-state index >= 15 is 0 Å². The van der Waals surface area contributed by atoms with Gasteiger partial charge in [0.15, 0.2) is 0 Å². The lowest BCUT2D eigenvalue weighted by molar-refractivity contribution is 0.587. The Morgan fingerprint density at radius 3 is 1.42 bits per heavy atom. The van der Waals surface area contributed by atoms with Crippen LogP contribution < -0.4 is 0 Å². The fraction of sp³-hybridized carbons (Fsp3) is 0.217. The zero-order valence-corrected chi connectivity index (χ0v) is 15.9. The van der Waals surface area contributed by atoms with Crippen LogP contribution in [0.1, 0.15) is 25.8 Å². The minimum absolute atomic E-state index is 0.760. The van der Waals surface area contributed by atoms with Crippen molar-refractivity contribution in [1.29, 1.82) is 0 Å². The molecule has 0 aliphatic heterocycles. The third-order valence-corrected chi connectivity index (χ3v) is 4.89. The van der Waals surface area contributed by atoms with Gasteiger partial charge in [-0.05, 0) is 58.7 Å². The largest absolute Gasteiger partial charge is 0.0628 e. The van der Waals surface area contributed by atoms with Crippen LogP contribution >= 0.6 is 15.9 Å². The molecule has 0 fully saturated rings. The van der Waals surface area contributed by atoms with Gasteiger partial charge in [0.2, 0.25) is 0 Å². The Hall–Kier alpha value is -1.86. The first kappa shape index (κ1) is 17.0. The molecule has 24 heavy (non-hydrogen) atoms. The lowest BCUT2D eigenvalue weighted by Crippen LogP contribution is -1.91. The SMILES string of the molecule is CC(C)CCc1ccc(-c2ccc(-c3ccc(Br)cc3)cc2)cc1. The van der Waals surface area contributed by atoms with Crippen LogP contribution in [0.2, 0.25) is 0 Å². The zero-order chi connectivity index (χ0) is 16.9. The van der Waals surface area contributed by atoms with Crippen molar-refractivity contribution in [2.24, 2.45) is 5.92 Å². The van der Waals surface area contributed by atoms with E-state index in [1.165, 1.54) is 40.7 Å². The van der Waals surface area contributed by atoms with Gasteiger partial charge in [0.25, 0.3) is 0 Å². The monoisotopic (exact) mass is 378 g/mol. The predicted octanol–water partition coefficient (Wildman–Crippen LogP) is 7.37. The smallest absolute Gasteiger partial charge is 0.0175 e. The molecule has 0 heterocycles. The van der Waals surface area contributed by atoms with E-state index in [0.29, 0.717) is 0 Å². The Kier molecular flexibility index (Phi) is 5.52. The summed E-state index contributed by atoms with van der Waals surface area (Å²) >= 11 is 3.48. The molecule has 0 N–H and O–H groups in total. The van der Waals surface area contributed by atoms with Crippen LogP contribution in [0, 0.1) is 5.92 Å². The Balaban J connectivity index is 1.74. The molecule has 0 radical (unpaired) electrons. The summed E-state index contributed by atoms with van der Waals surface area (Å²) < 4.78 is 1.11. The summed E-state index contributed by atoms with van der Waals surface area (Å²) in [6.07, 6.45) is 2.42. The second-order valence-electron chi connectivity index (χ2n) is 6.71. The third kappa shape index (κ3) is 4.36. The first-order valence-corrected chi connectivity index (χ1v) is 9.36. The van der Waals surface area contributed by atoms with Crippen LogP contribution in [0.4, 0.5) is 0 Å². The zero-order valence-electron chi connectivity index (χ0n) is 14.3. The Bertz CT molecular complexity index is 766. The summed E-state index contributed by atoms with van der Waals surface area (Å²) in [4.78, 5) is 0. The summed E-state index contributed by atoms with van der Waals surface area (Å²) in [5, 5.41) is 0. The molecule has 0 unspecified atom stereocenters. The van der Waals surface area contributed by atoms with Crippen LogP contribution in [0.3, 0.4) is 0 Å². The van der Waals surface area contributed by atoms with E-state index in [1.807, 2.05) is 0 Å². The van der Waals surface area contributed by atoms with Gasteiger partial charge in [0, 0.05) is 4.47 Å². The second-order valence-corrected chi connectivity index (χ2v) is 7.63. The molecule has 0 saturated carbocycles. The Morgan fingerprint density at radius 2 is 1.00 bits per heavy atom. The van der Waals surface area contributed by atoms with Crippen molar-refractivity contribution < 1.29 is 0 Å². The number of hydrogen-bond donors (Lipinski definition) is 0. The van der Waals surface area contributed by atoms with Gasteiger partial charge in [0.1, 0.15) is 0 Å². The van der Waals surface area contributed by atoms with Crippen molar-refractivity contribution >= 4 is 15.9 Å². The summed E-state index contributed by atoms with van der Waals surface area (Å²) in [5.41, 5.74) is 6.48. The average molecular weight is 379 g/mol. The second kappa shape index (κ2) is 7.81. The minimum Gasteiger partial charge on any atom is -0.0628 e. The Labute approximate surface area is 153 Å². The predicted molar refractivity (Wildman–Crippen MR) is 108 cm³/mol. The van der Waals surface area contributed by atoms with Crippen molar-refractivity contribution in [3.8, 4) is 22.3 Å². The molecule has 0 aromatic heterocycles. The molecule has 0 aliphatic rings. The first-order valence-electron chi connectivity index (χ1n) is 8.57. The van der Waals surface area contributed by atoms with E-state index in [0.717, 1.165) is 10.4 Å². The number of benzene rings is 3. The first-order chi connectivity index (χ1) is 11.6. The van der Waals surface area contributed by atoms with Gasteiger partial charge >= 0.3 is 0 Å². The van der Waals surface area contributed by atoms with E-state index in [-0.39, 0.29) is 0 Å². The lowest BCUT2D eigenvalue weighted by atomic mass is 9.98. The van der Waals surface area contributed by atoms with E-state index in [1.54, 1.807) is 0 Å². The Morgan fingerprint density at radius 1 is 0.625 bits per heavy atom. The number of hydrogen-bond acceptors (Lipinski definition) is 0. The maximum Gasteiger partial charge on any atom is 0.0175 e. The molecule has 3 aromatic rings. The average Bonchev–Trinajstić information content (AvgIpc) is 2.61. The van der Waals surface area contributed by atoms with Crippen molar-refractivity contribution in [3.63, 3.8) is 0 Å². The number of halogens is 1. The van der Waals surface area contributed by atoms with E-state index in [2.05, 4.69) is 103 Å². The highest BCUT2D eigenvalue weighted by atomic mass is 79.9. The van der Waals surface area contributed by atoms with Crippen LogP contribution in [-0.4, -0.2) is 0 Å². The molecule has 3 rings (SSSR count). The fourth-order valence-electron chi connectivity index (χ4n) is 2.82. The molecule has 0 amide bonds.